The van der Waals surface area contributed by atoms with Crippen LogP contribution >= 0.6 is 15.9 Å². The second-order valence-corrected chi connectivity index (χ2v) is 2.34. The van der Waals surface area contributed by atoms with E-state index in [-0.39, 0.29) is 16.9 Å². The number of nitrogens with zero attached hydrogens (tertiary/aromatic N) is 2. The van der Waals surface area contributed by atoms with E-state index in [0.29, 0.717) is 0 Å². The maximum Gasteiger partial charge on any atom is 0.210 e. The lowest BCUT2D eigenvalue weighted by atomic mass is 10.4. The highest BCUT2D eigenvalue weighted by atomic mass is 79.9. The molecule has 0 aromatic carbocycles. The van der Waals surface area contributed by atoms with Crippen LogP contribution in [0.25, 0.3) is 0 Å². The van der Waals surface area contributed by atoms with Crippen molar-refractivity contribution >= 4 is 21.7 Å². The Morgan fingerprint density at radius 3 is 2.55 bits per heavy atom. The number of hydrogen-bond acceptors (Lipinski definition) is 3. The van der Waals surface area contributed by atoms with Crippen molar-refractivity contribution in [2.24, 2.45) is 0 Å². The molecule has 5 heteroatoms. The lowest BCUT2D eigenvalue weighted by Crippen LogP contribution is -2.05. The number of hydrogen-bond donors (Lipinski definition) is 0. The lowest BCUT2D eigenvalue weighted by Gasteiger charge is -1.92. The van der Waals surface area contributed by atoms with Crippen LogP contribution in [0, 0.1) is 5.82 Å². The Hall–Kier alpha value is -0.840. The monoisotopic (exact) mass is 218 g/mol. The van der Waals surface area contributed by atoms with Gasteiger partial charge in [0.05, 0.1) is 17.7 Å². The van der Waals surface area contributed by atoms with Crippen LogP contribution < -0.4 is 0 Å². The van der Waals surface area contributed by atoms with Crippen LogP contribution in [0.2, 0.25) is 0 Å². The van der Waals surface area contributed by atoms with Crippen LogP contribution in [0.4, 0.5) is 4.39 Å². The van der Waals surface area contributed by atoms with Gasteiger partial charge in [0.15, 0.2) is 11.6 Å². The maximum atomic E-state index is 12.2. The second kappa shape index (κ2) is 3.52. The van der Waals surface area contributed by atoms with Gasteiger partial charge in [-0.05, 0) is 0 Å². The van der Waals surface area contributed by atoms with E-state index in [1.807, 2.05) is 0 Å². The Kier molecular flexibility index (Phi) is 2.64. The Morgan fingerprint density at radius 1 is 1.55 bits per heavy atom. The number of carbonyl (C=O) groups is 1. The van der Waals surface area contributed by atoms with E-state index in [4.69, 9.17) is 0 Å². The van der Waals surface area contributed by atoms with Gasteiger partial charge in [0, 0.05) is 0 Å². The molecular weight excluding hydrogens is 215 g/mol. The zero-order chi connectivity index (χ0) is 8.27. The Bertz CT molecular complexity index is 262. The summed E-state index contributed by atoms with van der Waals surface area (Å²) in [4.78, 5) is 17.8. The molecule has 1 heterocycles. The van der Waals surface area contributed by atoms with E-state index in [2.05, 4.69) is 25.9 Å². The summed E-state index contributed by atoms with van der Waals surface area (Å²) in [6.45, 7) is 0. The number of ketones is 1. The standard InChI is InChI=1S/C6H4BrFN2O/c7-1-5(11)6-9-2-4(8)3-10-6/h2-3H,1H2. The Labute approximate surface area is 70.8 Å². The van der Waals surface area contributed by atoms with E-state index in [0.717, 1.165) is 12.4 Å². The van der Waals surface area contributed by atoms with Gasteiger partial charge >= 0.3 is 0 Å². The van der Waals surface area contributed by atoms with E-state index < -0.39 is 5.82 Å². The van der Waals surface area contributed by atoms with Crippen LogP contribution in [0.15, 0.2) is 12.4 Å². The zero-order valence-corrected chi connectivity index (χ0v) is 7.01. The number of alkyl halides is 1. The van der Waals surface area contributed by atoms with Crippen LogP contribution in [-0.4, -0.2) is 21.1 Å². The third-order valence-corrected chi connectivity index (χ3v) is 1.50. The summed E-state index contributed by atoms with van der Waals surface area (Å²) in [5.41, 5.74) is 0. The molecule has 1 rings (SSSR count). The smallest absolute Gasteiger partial charge is 0.210 e. The van der Waals surface area contributed by atoms with Crippen molar-refractivity contribution in [1.29, 1.82) is 0 Å². The first-order valence-corrected chi connectivity index (χ1v) is 3.93. The van der Waals surface area contributed by atoms with Crippen molar-refractivity contribution in [3.05, 3.63) is 24.0 Å². The first kappa shape index (κ1) is 8.26. The van der Waals surface area contributed by atoms with Gasteiger partial charge in [-0.25, -0.2) is 14.4 Å². The van der Waals surface area contributed by atoms with Crippen LogP contribution in [-0.2, 0) is 0 Å². The topological polar surface area (TPSA) is 42.9 Å². The van der Waals surface area contributed by atoms with Crippen molar-refractivity contribution in [2.45, 2.75) is 0 Å². The van der Waals surface area contributed by atoms with E-state index in [1.165, 1.54) is 0 Å². The summed E-state index contributed by atoms with van der Waals surface area (Å²) in [7, 11) is 0. The highest BCUT2D eigenvalue weighted by molar-refractivity contribution is 9.09. The highest BCUT2D eigenvalue weighted by Crippen LogP contribution is 1.96. The minimum atomic E-state index is -0.545. The molecule has 58 valence electrons. The molecule has 0 N–H and O–H groups in total. The summed E-state index contributed by atoms with van der Waals surface area (Å²) >= 11 is 2.95. The van der Waals surface area contributed by atoms with Gasteiger partial charge in [-0.2, -0.15) is 0 Å². The fourth-order valence-corrected chi connectivity index (χ4v) is 0.767. The average Bonchev–Trinajstić information content (AvgIpc) is 2.05. The number of halogens is 2. The first-order valence-electron chi connectivity index (χ1n) is 2.80. The van der Waals surface area contributed by atoms with Crippen molar-refractivity contribution in [2.75, 3.05) is 5.33 Å². The summed E-state index contributed by atoms with van der Waals surface area (Å²) in [6, 6.07) is 0. The molecule has 0 unspecified atom stereocenters. The molecule has 0 amide bonds. The fourth-order valence-electron chi connectivity index (χ4n) is 0.516. The summed E-state index contributed by atoms with van der Waals surface area (Å²) in [5.74, 6) is -0.774. The molecule has 1 aromatic rings. The molecule has 1 aromatic heterocycles. The Morgan fingerprint density at radius 2 is 2.09 bits per heavy atom. The number of carbonyl (C=O) groups excluding carboxylic acids is 1. The minimum absolute atomic E-state index is 0.0308. The summed E-state index contributed by atoms with van der Waals surface area (Å²) in [5, 5.41) is 0.151. The largest absolute Gasteiger partial charge is 0.290 e. The first-order chi connectivity index (χ1) is 5.24. The van der Waals surface area contributed by atoms with Gasteiger partial charge in [0.1, 0.15) is 0 Å². The quantitative estimate of drug-likeness (QED) is 0.554. The molecule has 0 aliphatic heterocycles. The second-order valence-electron chi connectivity index (χ2n) is 1.78. The van der Waals surface area contributed by atoms with Gasteiger partial charge in [-0.1, -0.05) is 15.9 Å². The van der Waals surface area contributed by atoms with Gasteiger partial charge in [0.25, 0.3) is 0 Å². The van der Waals surface area contributed by atoms with Crippen molar-refractivity contribution in [3.63, 3.8) is 0 Å². The fraction of sp³-hybridized carbons (Fsp3) is 0.167. The average molecular weight is 219 g/mol. The predicted molar refractivity (Wildman–Crippen MR) is 40.1 cm³/mol. The molecule has 11 heavy (non-hydrogen) atoms. The van der Waals surface area contributed by atoms with Crippen molar-refractivity contribution in [1.82, 2.24) is 9.97 Å². The minimum Gasteiger partial charge on any atom is -0.290 e. The lowest BCUT2D eigenvalue weighted by molar-refractivity contribution is 0.101. The van der Waals surface area contributed by atoms with Crippen LogP contribution in [0.1, 0.15) is 10.6 Å². The van der Waals surface area contributed by atoms with E-state index in [9.17, 15) is 9.18 Å². The third kappa shape index (κ3) is 2.04. The summed E-state index contributed by atoms with van der Waals surface area (Å²) in [6.07, 6.45) is 1.92. The van der Waals surface area contributed by atoms with E-state index in [1.54, 1.807) is 0 Å². The number of rotatable bonds is 2. The van der Waals surface area contributed by atoms with Gasteiger partial charge in [0.2, 0.25) is 5.78 Å². The molecule has 0 fully saturated rings. The van der Waals surface area contributed by atoms with Crippen molar-refractivity contribution < 1.29 is 9.18 Å². The molecule has 0 atom stereocenters. The molecule has 0 spiro atoms. The van der Waals surface area contributed by atoms with Crippen LogP contribution in [0.5, 0.6) is 0 Å². The van der Waals surface area contributed by atoms with Crippen LogP contribution in [0.3, 0.4) is 0 Å². The molecular formula is C6H4BrFN2O. The van der Waals surface area contributed by atoms with Gasteiger partial charge in [-0.3, -0.25) is 4.79 Å². The summed E-state index contributed by atoms with van der Waals surface area (Å²) < 4.78 is 12.2. The molecule has 0 radical (unpaired) electrons. The van der Waals surface area contributed by atoms with Gasteiger partial charge < -0.3 is 0 Å². The molecule has 0 aliphatic rings. The predicted octanol–water partition coefficient (Wildman–Crippen LogP) is 1.19. The van der Waals surface area contributed by atoms with Crippen molar-refractivity contribution in [3.8, 4) is 0 Å². The molecule has 0 saturated carbocycles. The number of Topliss-reactive ketones (excluding diaryl/α,β-unsaturated/α-hetero) is 1. The highest BCUT2D eigenvalue weighted by Gasteiger charge is 2.05. The maximum absolute atomic E-state index is 12.2. The Balaban J connectivity index is 2.90. The normalized spacial score (nSPS) is 9.64. The third-order valence-electron chi connectivity index (χ3n) is 0.991. The zero-order valence-electron chi connectivity index (χ0n) is 5.42. The van der Waals surface area contributed by atoms with E-state index >= 15 is 0 Å². The molecule has 0 saturated heterocycles. The molecule has 0 aliphatic carbocycles. The molecule has 0 bridgehead atoms. The van der Waals surface area contributed by atoms with Gasteiger partial charge in [-0.15, -0.1) is 0 Å². The number of aromatic nitrogens is 2. The SMILES string of the molecule is O=C(CBr)c1ncc(F)cn1. The molecule has 3 nitrogen and oxygen atoms in total.